The smallest absolute Gasteiger partial charge is 0.432 e. The van der Waals surface area contributed by atoms with Crippen molar-refractivity contribution in [2.45, 2.75) is 32.1 Å². The minimum absolute atomic E-state index is 0.170. The second-order valence-electron chi connectivity index (χ2n) is 3.44. The molecule has 1 aromatic rings. The van der Waals surface area contributed by atoms with Crippen molar-refractivity contribution in [1.82, 2.24) is 9.97 Å². The summed E-state index contributed by atoms with van der Waals surface area (Å²) in [5, 5.41) is 18.7. The number of nitrogens with zero attached hydrogens (tertiary/aromatic N) is 2. The van der Waals surface area contributed by atoms with E-state index in [1.807, 2.05) is 0 Å². The second kappa shape index (κ2) is 5.84. The van der Waals surface area contributed by atoms with Crippen LogP contribution in [-0.2, 0) is 11.2 Å². The van der Waals surface area contributed by atoms with Gasteiger partial charge in [0.1, 0.15) is 11.9 Å². The van der Waals surface area contributed by atoms with E-state index in [2.05, 4.69) is 9.97 Å². The highest BCUT2D eigenvalue weighted by Crippen LogP contribution is 2.09. The normalized spacial score (nSPS) is 10.2. The Hall–Kier alpha value is -1.92. The molecule has 0 unspecified atom stereocenters. The Morgan fingerprint density at radius 1 is 1.50 bits per heavy atom. The Balaban J connectivity index is 2.21. The van der Waals surface area contributed by atoms with Gasteiger partial charge in [-0.3, -0.25) is 4.79 Å². The molecule has 0 aliphatic rings. The molecule has 88 valence electrons. The molecular formula is C9H13N3O4. The average molecular weight is 227 g/mol. The van der Waals surface area contributed by atoms with Crippen LogP contribution in [-0.4, -0.2) is 26.0 Å². The van der Waals surface area contributed by atoms with E-state index in [1.165, 1.54) is 6.20 Å². The van der Waals surface area contributed by atoms with Crippen LogP contribution in [0.15, 0.2) is 6.20 Å². The van der Waals surface area contributed by atoms with E-state index in [4.69, 9.17) is 5.11 Å². The number of H-pyrrole nitrogens is 1. The fraction of sp³-hybridized carbons (Fsp3) is 0.556. The summed E-state index contributed by atoms with van der Waals surface area (Å²) in [5.74, 6) is -1.04. The van der Waals surface area contributed by atoms with Crippen molar-refractivity contribution in [3.05, 3.63) is 22.0 Å². The van der Waals surface area contributed by atoms with Gasteiger partial charge in [0.15, 0.2) is 0 Å². The lowest BCUT2D eigenvalue weighted by atomic mass is 10.1. The summed E-state index contributed by atoms with van der Waals surface area (Å²) < 4.78 is 0. The Morgan fingerprint density at radius 3 is 2.81 bits per heavy atom. The zero-order chi connectivity index (χ0) is 12.0. The van der Waals surface area contributed by atoms with Gasteiger partial charge in [0.05, 0.1) is 0 Å². The summed E-state index contributed by atoms with van der Waals surface area (Å²) >= 11 is 0. The van der Waals surface area contributed by atoms with Gasteiger partial charge in [-0.15, -0.1) is 0 Å². The minimum atomic E-state index is -0.794. The Labute approximate surface area is 91.7 Å². The number of nitro groups is 1. The molecule has 7 heteroatoms. The van der Waals surface area contributed by atoms with Gasteiger partial charge >= 0.3 is 11.9 Å². The predicted molar refractivity (Wildman–Crippen MR) is 55.0 cm³/mol. The molecule has 0 amide bonds. The predicted octanol–water partition coefficient (Wildman–Crippen LogP) is 1.51. The van der Waals surface area contributed by atoms with Crippen LogP contribution in [0.25, 0.3) is 0 Å². The summed E-state index contributed by atoms with van der Waals surface area (Å²) in [7, 11) is 0. The molecule has 7 nitrogen and oxygen atoms in total. The molecular weight excluding hydrogens is 214 g/mol. The zero-order valence-electron chi connectivity index (χ0n) is 8.68. The molecule has 0 saturated carbocycles. The molecule has 0 radical (unpaired) electrons. The van der Waals surface area contributed by atoms with E-state index >= 15 is 0 Å². The first-order valence-corrected chi connectivity index (χ1v) is 4.99. The first-order chi connectivity index (χ1) is 7.59. The molecule has 2 N–H and O–H groups in total. The largest absolute Gasteiger partial charge is 0.481 e. The Morgan fingerprint density at radius 2 is 2.25 bits per heavy atom. The quantitative estimate of drug-likeness (QED) is 0.416. The molecule has 0 spiro atoms. The van der Waals surface area contributed by atoms with E-state index in [1.54, 1.807) is 0 Å². The van der Waals surface area contributed by atoms with Crippen LogP contribution >= 0.6 is 0 Å². The van der Waals surface area contributed by atoms with Crippen LogP contribution in [0.4, 0.5) is 5.95 Å². The number of hydrogen-bond donors (Lipinski definition) is 2. The van der Waals surface area contributed by atoms with E-state index in [-0.39, 0.29) is 12.4 Å². The van der Waals surface area contributed by atoms with E-state index < -0.39 is 10.9 Å². The van der Waals surface area contributed by atoms with Crippen LogP contribution in [0.3, 0.4) is 0 Å². The van der Waals surface area contributed by atoms with Crippen LogP contribution in [0.2, 0.25) is 0 Å². The zero-order valence-corrected chi connectivity index (χ0v) is 8.68. The molecule has 0 bridgehead atoms. The lowest BCUT2D eigenvalue weighted by Crippen LogP contribution is -1.94. The molecule has 0 aromatic carbocycles. The average Bonchev–Trinajstić information content (AvgIpc) is 2.65. The number of aliphatic carboxylic acids is 1. The molecule has 0 aliphatic carbocycles. The Kier molecular flexibility index (Phi) is 4.43. The first-order valence-electron chi connectivity index (χ1n) is 4.99. The number of carboxylic acid groups (broad SMARTS) is 1. The number of hydrogen-bond acceptors (Lipinski definition) is 4. The van der Waals surface area contributed by atoms with Crippen molar-refractivity contribution in [3.8, 4) is 0 Å². The van der Waals surface area contributed by atoms with Crippen molar-refractivity contribution in [2.24, 2.45) is 0 Å². The van der Waals surface area contributed by atoms with E-state index in [9.17, 15) is 14.9 Å². The molecule has 0 atom stereocenters. The number of aryl methyl sites for hydroxylation is 1. The molecule has 0 fully saturated rings. The fourth-order valence-corrected chi connectivity index (χ4v) is 1.34. The molecule has 0 saturated heterocycles. The van der Waals surface area contributed by atoms with Gasteiger partial charge in [0, 0.05) is 12.8 Å². The van der Waals surface area contributed by atoms with Crippen LogP contribution in [0.5, 0.6) is 0 Å². The molecule has 16 heavy (non-hydrogen) atoms. The number of unbranched alkanes of at least 4 members (excludes halogenated alkanes) is 2. The van der Waals surface area contributed by atoms with Crippen molar-refractivity contribution in [2.75, 3.05) is 0 Å². The highest BCUT2D eigenvalue weighted by Gasteiger charge is 2.10. The van der Waals surface area contributed by atoms with Crippen LogP contribution < -0.4 is 0 Å². The number of rotatable bonds is 7. The van der Waals surface area contributed by atoms with Crippen molar-refractivity contribution in [3.63, 3.8) is 0 Å². The lowest BCUT2D eigenvalue weighted by molar-refractivity contribution is -0.393. The van der Waals surface area contributed by atoms with Gasteiger partial charge in [0.25, 0.3) is 0 Å². The van der Waals surface area contributed by atoms with Gasteiger partial charge < -0.3 is 15.2 Å². The summed E-state index contributed by atoms with van der Waals surface area (Å²) in [6.45, 7) is 0. The monoisotopic (exact) mass is 227 g/mol. The summed E-state index contributed by atoms with van der Waals surface area (Å²) in [5.41, 5.74) is 0.710. The van der Waals surface area contributed by atoms with Crippen molar-refractivity contribution >= 4 is 11.9 Å². The highest BCUT2D eigenvalue weighted by atomic mass is 16.6. The van der Waals surface area contributed by atoms with Gasteiger partial charge in [-0.1, -0.05) is 11.4 Å². The molecule has 0 aliphatic heterocycles. The molecule has 1 rings (SSSR count). The maximum atomic E-state index is 10.3. The maximum Gasteiger partial charge on any atom is 0.432 e. The standard InChI is InChI=1S/C9H13N3O4/c13-8(14)5-3-1-2-4-7-6-10-9(11-7)12(15)16/h6H,1-5H2,(H,10,11)(H,13,14). The topological polar surface area (TPSA) is 109 Å². The summed E-state index contributed by atoms with van der Waals surface area (Å²) in [4.78, 5) is 26.1. The summed E-state index contributed by atoms with van der Waals surface area (Å²) in [6, 6.07) is 0. The number of aromatic nitrogens is 2. The first kappa shape index (κ1) is 12.2. The molecule has 1 aromatic heterocycles. The van der Waals surface area contributed by atoms with Crippen LogP contribution in [0, 0.1) is 10.1 Å². The van der Waals surface area contributed by atoms with E-state index in [0.717, 1.165) is 12.8 Å². The van der Waals surface area contributed by atoms with Gasteiger partial charge in [-0.05, 0) is 17.8 Å². The fourth-order valence-electron chi connectivity index (χ4n) is 1.34. The third kappa shape index (κ3) is 4.07. The number of carbonyl (C=O) groups is 1. The molecule has 1 heterocycles. The number of nitrogens with one attached hydrogen (secondary N) is 1. The van der Waals surface area contributed by atoms with Crippen molar-refractivity contribution < 1.29 is 14.8 Å². The Bertz CT molecular complexity index is 375. The third-order valence-electron chi connectivity index (χ3n) is 2.12. The third-order valence-corrected chi connectivity index (χ3v) is 2.12. The number of aromatic amines is 1. The van der Waals surface area contributed by atoms with E-state index in [0.29, 0.717) is 18.5 Å². The second-order valence-corrected chi connectivity index (χ2v) is 3.44. The van der Waals surface area contributed by atoms with Gasteiger partial charge in [-0.2, -0.15) is 0 Å². The van der Waals surface area contributed by atoms with Gasteiger partial charge in [-0.25, -0.2) is 4.98 Å². The maximum absolute atomic E-state index is 10.3. The minimum Gasteiger partial charge on any atom is -0.481 e. The number of carboxylic acids is 1. The number of imidazole rings is 1. The van der Waals surface area contributed by atoms with Crippen LogP contribution in [0.1, 0.15) is 31.4 Å². The summed E-state index contributed by atoms with van der Waals surface area (Å²) in [6.07, 6.45) is 4.48. The van der Waals surface area contributed by atoms with Crippen molar-refractivity contribution in [1.29, 1.82) is 0 Å². The lowest BCUT2D eigenvalue weighted by Gasteiger charge is -1.95. The van der Waals surface area contributed by atoms with Gasteiger partial charge in [0.2, 0.25) is 0 Å². The highest BCUT2D eigenvalue weighted by molar-refractivity contribution is 5.66. The SMILES string of the molecule is O=C(O)CCCCCc1cnc([N+](=O)[O-])[nH]1.